The Morgan fingerprint density at radius 1 is 1.15 bits per heavy atom. The number of Topliss-reactive ketones (excluding diaryl/α,β-unsaturated/α-hetero) is 1. The minimum atomic E-state index is -0.548. The van der Waals surface area contributed by atoms with Gasteiger partial charge in [-0.25, -0.2) is 4.39 Å². The van der Waals surface area contributed by atoms with Crippen molar-refractivity contribution in [3.05, 3.63) is 53.3 Å². The molecule has 8 heteroatoms. The first-order valence-electron chi connectivity index (χ1n) is 11.2. The number of ketones is 1. The van der Waals surface area contributed by atoms with E-state index in [1.54, 1.807) is 25.1 Å². The van der Waals surface area contributed by atoms with Crippen LogP contribution in [0, 0.1) is 12.7 Å². The molecule has 4 rings (SSSR count). The molecule has 33 heavy (non-hydrogen) atoms. The first kappa shape index (κ1) is 22.8. The largest absolute Gasteiger partial charge is 0.482 e. The fourth-order valence-electron chi connectivity index (χ4n) is 4.16. The lowest BCUT2D eigenvalue weighted by molar-refractivity contribution is -0.125. The van der Waals surface area contributed by atoms with Crippen molar-refractivity contribution in [1.82, 2.24) is 5.32 Å². The molecule has 1 N–H and O–H groups in total. The molecule has 2 aromatic rings. The summed E-state index contributed by atoms with van der Waals surface area (Å²) < 4.78 is 24.7. The topological polar surface area (TPSA) is 84.9 Å². The summed E-state index contributed by atoms with van der Waals surface area (Å²) >= 11 is 0. The zero-order chi connectivity index (χ0) is 23.4. The molecule has 0 spiro atoms. The van der Waals surface area contributed by atoms with Gasteiger partial charge in [-0.3, -0.25) is 19.3 Å². The van der Waals surface area contributed by atoms with E-state index in [0.29, 0.717) is 11.4 Å². The van der Waals surface area contributed by atoms with Gasteiger partial charge in [0.1, 0.15) is 12.3 Å². The average molecular weight is 454 g/mol. The molecular formula is C25H27FN2O5. The smallest absolute Gasteiger partial charge is 0.265 e. The van der Waals surface area contributed by atoms with Crippen molar-refractivity contribution >= 4 is 23.3 Å². The zero-order valence-corrected chi connectivity index (χ0v) is 18.6. The number of hydrogen-bond donors (Lipinski definition) is 1. The number of hydrogen-bond acceptors (Lipinski definition) is 5. The van der Waals surface area contributed by atoms with Crippen LogP contribution in [-0.4, -0.2) is 43.4 Å². The second-order valence-electron chi connectivity index (χ2n) is 8.50. The molecule has 0 aromatic heterocycles. The van der Waals surface area contributed by atoms with Crippen molar-refractivity contribution in [1.29, 1.82) is 0 Å². The number of nitrogens with one attached hydrogen (secondary N) is 1. The van der Waals surface area contributed by atoms with Gasteiger partial charge in [-0.15, -0.1) is 0 Å². The highest BCUT2D eigenvalue weighted by Gasteiger charge is 2.29. The summed E-state index contributed by atoms with van der Waals surface area (Å²) in [7, 11) is 0. The molecule has 1 aliphatic carbocycles. The highest BCUT2D eigenvalue weighted by molar-refractivity contribution is 6.04. The fourth-order valence-corrected chi connectivity index (χ4v) is 4.16. The Labute approximate surface area is 191 Å². The SMILES string of the molecule is Cc1ccc(F)c(OCC(=O)c2ccc3c(c2)N(CC(=O)NC2CCCCC2)C(=O)CO3)c1. The number of rotatable bonds is 7. The number of carbonyl (C=O) groups is 3. The number of amides is 2. The van der Waals surface area contributed by atoms with Gasteiger partial charge in [0.05, 0.1) is 5.69 Å². The van der Waals surface area contributed by atoms with Crippen LogP contribution in [0.1, 0.15) is 48.0 Å². The monoisotopic (exact) mass is 454 g/mol. The summed E-state index contributed by atoms with van der Waals surface area (Å²) in [5, 5.41) is 3.01. The fraction of sp³-hybridized carbons (Fsp3) is 0.400. The third kappa shape index (κ3) is 5.50. The van der Waals surface area contributed by atoms with Gasteiger partial charge in [0.25, 0.3) is 5.91 Å². The van der Waals surface area contributed by atoms with Crippen molar-refractivity contribution < 1.29 is 28.2 Å². The molecule has 2 aromatic carbocycles. The van der Waals surface area contributed by atoms with E-state index in [4.69, 9.17) is 9.47 Å². The number of carbonyl (C=O) groups excluding carboxylic acids is 3. The summed E-state index contributed by atoms with van der Waals surface area (Å²) in [5.74, 6) is -1.11. The number of fused-ring (bicyclic) bond motifs is 1. The molecule has 1 saturated carbocycles. The molecule has 2 amide bonds. The summed E-state index contributed by atoms with van der Waals surface area (Å²) in [6.45, 7) is 1.12. The summed E-state index contributed by atoms with van der Waals surface area (Å²) in [6.07, 6.45) is 5.24. The predicted molar refractivity (Wildman–Crippen MR) is 120 cm³/mol. The van der Waals surface area contributed by atoms with Gasteiger partial charge >= 0.3 is 0 Å². The normalized spacial score (nSPS) is 16.1. The maximum absolute atomic E-state index is 13.9. The Balaban J connectivity index is 1.46. The molecule has 0 bridgehead atoms. The first-order chi connectivity index (χ1) is 15.9. The van der Waals surface area contributed by atoms with Crippen molar-refractivity contribution in [3.8, 4) is 11.5 Å². The van der Waals surface area contributed by atoms with Crippen molar-refractivity contribution in [3.63, 3.8) is 0 Å². The molecule has 0 saturated heterocycles. The highest BCUT2D eigenvalue weighted by atomic mass is 19.1. The van der Waals surface area contributed by atoms with E-state index >= 15 is 0 Å². The Morgan fingerprint density at radius 3 is 2.73 bits per heavy atom. The van der Waals surface area contributed by atoms with Gasteiger partial charge in [-0.05, 0) is 55.7 Å². The lowest BCUT2D eigenvalue weighted by Crippen LogP contribution is -2.47. The lowest BCUT2D eigenvalue weighted by atomic mass is 9.95. The van der Waals surface area contributed by atoms with Crippen LogP contribution in [0.3, 0.4) is 0 Å². The zero-order valence-electron chi connectivity index (χ0n) is 18.6. The maximum Gasteiger partial charge on any atom is 0.265 e. The van der Waals surface area contributed by atoms with Crippen LogP contribution in [0.2, 0.25) is 0 Å². The van der Waals surface area contributed by atoms with Crippen molar-refractivity contribution in [2.75, 3.05) is 24.7 Å². The number of aryl methyl sites for hydroxylation is 1. The van der Waals surface area contributed by atoms with Crippen LogP contribution < -0.4 is 19.7 Å². The maximum atomic E-state index is 13.9. The second-order valence-corrected chi connectivity index (χ2v) is 8.50. The van der Waals surface area contributed by atoms with Crippen LogP contribution in [0.4, 0.5) is 10.1 Å². The Hall–Kier alpha value is -3.42. The molecular weight excluding hydrogens is 427 g/mol. The van der Waals surface area contributed by atoms with E-state index in [1.165, 1.54) is 29.5 Å². The summed E-state index contributed by atoms with van der Waals surface area (Å²) in [6, 6.07) is 9.22. The minimum Gasteiger partial charge on any atom is -0.482 e. The van der Waals surface area contributed by atoms with Crippen LogP contribution >= 0.6 is 0 Å². The van der Waals surface area contributed by atoms with Gasteiger partial charge in [0.15, 0.2) is 30.6 Å². The van der Waals surface area contributed by atoms with Crippen LogP contribution in [0.5, 0.6) is 11.5 Å². The van der Waals surface area contributed by atoms with Crippen molar-refractivity contribution in [2.45, 2.75) is 45.1 Å². The van der Waals surface area contributed by atoms with E-state index < -0.39 is 5.82 Å². The molecule has 7 nitrogen and oxygen atoms in total. The van der Waals surface area contributed by atoms with E-state index in [1.807, 2.05) is 0 Å². The number of halogens is 1. The quantitative estimate of drug-likeness (QED) is 0.647. The summed E-state index contributed by atoms with van der Waals surface area (Å²) in [5.41, 5.74) is 1.45. The van der Waals surface area contributed by atoms with Gasteiger partial charge in [-0.2, -0.15) is 0 Å². The van der Waals surface area contributed by atoms with Gasteiger partial charge in [-0.1, -0.05) is 25.3 Å². The molecule has 1 fully saturated rings. The number of nitrogens with zero attached hydrogens (tertiary/aromatic N) is 1. The molecule has 2 aliphatic rings. The molecule has 1 aliphatic heterocycles. The molecule has 0 atom stereocenters. The van der Waals surface area contributed by atoms with E-state index in [-0.39, 0.29) is 54.7 Å². The molecule has 0 unspecified atom stereocenters. The average Bonchev–Trinajstić information content (AvgIpc) is 2.81. The van der Waals surface area contributed by atoms with Crippen LogP contribution in [0.15, 0.2) is 36.4 Å². The standard InChI is InChI=1S/C25H27FN2O5/c1-16-7-9-19(26)23(11-16)32-14-21(29)17-8-10-22-20(12-17)28(25(31)15-33-22)13-24(30)27-18-5-3-2-4-6-18/h7-12,18H,2-6,13-15H2,1H3,(H,27,30). The van der Waals surface area contributed by atoms with E-state index in [2.05, 4.69) is 5.32 Å². The highest BCUT2D eigenvalue weighted by Crippen LogP contribution is 2.33. The number of ether oxygens (including phenoxy) is 2. The third-order valence-electron chi connectivity index (χ3n) is 5.94. The molecule has 1 heterocycles. The van der Waals surface area contributed by atoms with E-state index in [9.17, 15) is 18.8 Å². The van der Waals surface area contributed by atoms with Gasteiger partial charge in [0.2, 0.25) is 5.91 Å². The summed E-state index contributed by atoms with van der Waals surface area (Å²) in [4.78, 5) is 39.2. The molecule has 0 radical (unpaired) electrons. The Morgan fingerprint density at radius 2 is 1.94 bits per heavy atom. The second kappa shape index (κ2) is 10.0. The Kier molecular flexibility index (Phi) is 6.91. The number of benzene rings is 2. The molecule has 174 valence electrons. The Bertz CT molecular complexity index is 1060. The van der Waals surface area contributed by atoms with Crippen LogP contribution in [0.25, 0.3) is 0 Å². The number of anilines is 1. The van der Waals surface area contributed by atoms with Crippen molar-refractivity contribution in [2.24, 2.45) is 0 Å². The predicted octanol–water partition coefficient (Wildman–Crippen LogP) is 3.57. The van der Waals surface area contributed by atoms with Gasteiger partial charge in [0, 0.05) is 11.6 Å². The van der Waals surface area contributed by atoms with Crippen LogP contribution in [-0.2, 0) is 9.59 Å². The van der Waals surface area contributed by atoms with E-state index in [0.717, 1.165) is 31.2 Å². The minimum absolute atomic E-state index is 0.000770. The lowest BCUT2D eigenvalue weighted by Gasteiger charge is -2.30. The van der Waals surface area contributed by atoms with Gasteiger partial charge < -0.3 is 14.8 Å². The third-order valence-corrected chi connectivity index (χ3v) is 5.94. The first-order valence-corrected chi connectivity index (χ1v) is 11.2.